The zero-order chi connectivity index (χ0) is 19.6. The van der Waals surface area contributed by atoms with Crippen molar-refractivity contribution in [3.05, 3.63) is 62.7 Å². The molecule has 0 aliphatic heterocycles. The molecule has 2 atom stereocenters. The topological polar surface area (TPSA) is 87.2 Å². The molecular formula is C17H15BrF2N4O2S. The van der Waals surface area contributed by atoms with Gasteiger partial charge in [-0.25, -0.2) is 18.0 Å². The fraction of sp³-hybridized carbons (Fsp3) is 0.235. The summed E-state index contributed by atoms with van der Waals surface area (Å²) in [5, 5.41) is 3.48. The number of aromatic nitrogens is 2. The highest BCUT2D eigenvalue weighted by Gasteiger charge is 2.28. The van der Waals surface area contributed by atoms with Gasteiger partial charge >= 0.3 is 0 Å². The first-order valence-corrected chi connectivity index (χ1v) is 10.1. The number of fused-ring (bicyclic) bond motifs is 1. The largest absolute Gasteiger partial charge is 0.346 e. The van der Waals surface area contributed by atoms with Crippen molar-refractivity contribution in [3.8, 4) is 0 Å². The quantitative estimate of drug-likeness (QED) is 0.493. The van der Waals surface area contributed by atoms with E-state index in [0.717, 1.165) is 12.1 Å². The van der Waals surface area contributed by atoms with Gasteiger partial charge in [0.15, 0.2) is 5.82 Å². The summed E-state index contributed by atoms with van der Waals surface area (Å²) < 4.78 is 44.4. The second-order valence-electron chi connectivity index (χ2n) is 5.78. The molecule has 27 heavy (non-hydrogen) atoms. The summed E-state index contributed by atoms with van der Waals surface area (Å²) in [5.41, 5.74) is 0.0924. The van der Waals surface area contributed by atoms with E-state index >= 15 is 0 Å². The highest BCUT2D eigenvalue weighted by atomic mass is 79.9. The van der Waals surface area contributed by atoms with Crippen LogP contribution in [0.5, 0.6) is 0 Å². The number of nitrogens with one attached hydrogen (secondary N) is 2. The molecule has 0 saturated carbocycles. The lowest BCUT2D eigenvalue weighted by molar-refractivity contribution is 0.546. The van der Waals surface area contributed by atoms with Gasteiger partial charge in [-0.05, 0) is 40.5 Å². The highest BCUT2D eigenvalue weighted by molar-refractivity contribution is 9.10. The molecule has 0 bridgehead atoms. The number of nitrogens with zero attached hydrogens (tertiary/aromatic N) is 2. The number of halogens is 3. The molecule has 0 spiro atoms. The van der Waals surface area contributed by atoms with Gasteiger partial charge in [-0.1, -0.05) is 12.1 Å². The zero-order valence-corrected chi connectivity index (χ0v) is 16.5. The molecule has 3 rings (SSSR count). The van der Waals surface area contributed by atoms with Gasteiger partial charge in [-0.15, -0.1) is 4.91 Å². The molecule has 2 aromatic heterocycles. The Kier molecular flexibility index (Phi) is 5.95. The summed E-state index contributed by atoms with van der Waals surface area (Å²) in [4.78, 5) is 18.6. The molecule has 0 aliphatic rings. The molecule has 2 unspecified atom stereocenters. The molecule has 0 saturated heterocycles. The Morgan fingerprint density at radius 1 is 1.41 bits per heavy atom. The number of hydrogen-bond donors (Lipinski definition) is 2. The molecule has 1 aromatic carbocycles. The van der Waals surface area contributed by atoms with Crippen LogP contribution in [0.3, 0.4) is 0 Å². The third kappa shape index (κ3) is 3.91. The van der Waals surface area contributed by atoms with Crippen LogP contribution >= 0.6 is 15.9 Å². The van der Waals surface area contributed by atoms with Crippen molar-refractivity contribution in [1.29, 1.82) is 0 Å². The number of anilines is 1. The molecule has 0 radical (unpaired) electrons. The van der Waals surface area contributed by atoms with E-state index in [1.807, 2.05) is 6.92 Å². The molecule has 6 nitrogen and oxygen atoms in total. The first kappa shape index (κ1) is 19.6. The molecule has 3 aromatic rings. The van der Waals surface area contributed by atoms with Crippen LogP contribution in [0, 0.1) is 16.5 Å². The van der Waals surface area contributed by atoms with Gasteiger partial charge in [0.1, 0.15) is 28.5 Å². The maximum Gasteiger partial charge on any atom is 0.155 e. The molecule has 0 aliphatic carbocycles. The lowest BCUT2D eigenvalue weighted by Crippen LogP contribution is -2.12. The monoisotopic (exact) mass is 456 g/mol. The van der Waals surface area contributed by atoms with Crippen LogP contribution in [0.15, 0.2) is 40.2 Å². The second kappa shape index (κ2) is 8.22. The summed E-state index contributed by atoms with van der Waals surface area (Å²) in [6.07, 6.45) is 3.64. The minimum Gasteiger partial charge on any atom is -0.346 e. The molecule has 2 N–H and O–H groups in total. The normalized spacial score (nSPS) is 13.5. The third-order valence-corrected chi connectivity index (χ3v) is 5.60. The average Bonchev–Trinajstić information content (AvgIpc) is 3.04. The molecule has 142 valence electrons. The lowest BCUT2D eigenvalue weighted by atomic mass is 9.98. The van der Waals surface area contributed by atoms with E-state index in [1.54, 1.807) is 12.3 Å². The number of pyridine rings is 1. The molecular weight excluding hydrogens is 442 g/mol. The summed E-state index contributed by atoms with van der Waals surface area (Å²) in [7, 11) is -1.52. The Bertz CT molecular complexity index is 1030. The van der Waals surface area contributed by atoms with E-state index < -0.39 is 34.2 Å². The Balaban J connectivity index is 2.10. The smallest absolute Gasteiger partial charge is 0.155 e. The Hall–Kier alpha value is -2.20. The summed E-state index contributed by atoms with van der Waals surface area (Å²) in [5.74, 6) is -1.61. The van der Waals surface area contributed by atoms with Crippen molar-refractivity contribution in [2.45, 2.75) is 19.4 Å². The first-order valence-electron chi connectivity index (χ1n) is 8.04. The number of benzene rings is 1. The Labute approximate surface area is 164 Å². The predicted molar refractivity (Wildman–Crippen MR) is 105 cm³/mol. The van der Waals surface area contributed by atoms with Gasteiger partial charge in [0, 0.05) is 33.6 Å². The van der Waals surface area contributed by atoms with Gasteiger partial charge < -0.3 is 9.71 Å². The second-order valence-corrected chi connectivity index (χ2v) is 8.00. The highest BCUT2D eigenvalue weighted by Crippen LogP contribution is 2.37. The van der Waals surface area contributed by atoms with Crippen molar-refractivity contribution in [2.75, 3.05) is 10.5 Å². The maximum atomic E-state index is 15.0. The van der Waals surface area contributed by atoms with E-state index in [-0.39, 0.29) is 5.69 Å². The van der Waals surface area contributed by atoms with Crippen molar-refractivity contribution < 1.29 is 13.0 Å². The van der Waals surface area contributed by atoms with Gasteiger partial charge in [-0.3, -0.25) is 0 Å². The standard InChI is InChI=1S/C17H15BrF2N4O2S/c1-2-5-27(26)24-13-4-3-12(19)14(15(13)20)16(23-25)11-8-22-17-10(11)6-9(18)7-21-17/h3-4,6-8,16,24H,2,5H2,1H3,(H,21,22). The predicted octanol–water partition coefficient (Wildman–Crippen LogP) is 4.95. The van der Waals surface area contributed by atoms with Gasteiger partial charge in [0.2, 0.25) is 0 Å². The number of aromatic amines is 1. The fourth-order valence-electron chi connectivity index (χ4n) is 2.75. The van der Waals surface area contributed by atoms with Crippen LogP contribution in [-0.2, 0) is 11.0 Å². The van der Waals surface area contributed by atoms with Crippen molar-refractivity contribution in [3.63, 3.8) is 0 Å². The maximum absolute atomic E-state index is 15.0. The molecule has 0 fully saturated rings. The van der Waals surface area contributed by atoms with Crippen LogP contribution < -0.4 is 4.72 Å². The Morgan fingerprint density at radius 2 is 2.19 bits per heavy atom. The van der Waals surface area contributed by atoms with Crippen molar-refractivity contribution in [2.24, 2.45) is 5.18 Å². The van der Waals surface area contributed by atoms with Crippen LogP contribution in [0.4, 0.5) is 14.5 Å². The van der Waals surface area contributed by atoms with Crippen LogP contribution in [0.2, 0.25) is 0 Å². The average molecular weight is 457 g/mol. The first-order chi connectivity index (χ1) is 13.0. The number of nitroso groups, excluding NO2 is 1. The minimum absolute atomic E-state index is 0.147. The number of hydrogen-bond acceptors (Lipinski definition) is 4. The molecule has 2 heterocycles. The Morgan fingerprint density at radius 3 is 2.89 bits per heavy atom. The van der Waals surface area contributed by atoms with Crippen molar-refractivity contribution in [1.82, 2.24) is 9.97 Å². The number of rotatable bonds is 7. The summed E-state index contributed by atoms with van der Waals surface area (Å²) >= 11 is 3.28. The summed E-state index contributed by atoms with van der Waals surface area (Å²) in [6.45, 7) is 1.83. The van der Waals surface area contributed by atoms with E-state index in [4.69, 9.17) is 0 Å². The van der Waals surface area contributed by atoms with Crippen LogP contribution in [0.1, 0.15) is 30.5 Å². The van der Waals surface area contributed by atoms with Gasteiger partial charge in [0.05, 0.1) is 11.3 Å². The van der Waals surface area contributed by atoms with E-state index in [9.17, 15) is 17.9 Å². The zero-order valence-electron chi connectivity index (χ0n) is 14.1. The van der Waals surface area contributed by atoms with E-state index in [2.05, 4.69) is 35.8 Å². The van der Waals surface area contributed by atoms with Crippen LogP contribution in [-0.4, -0.2) is 19.9 Å². The van der Waals surface area contributed by atoms with Gasteiger partial charge in [0.25, 0.3) is 0 Å². The summed E-state index contributed by atoms with van der Waals surface area (Å²) in [6, 6.07) is 2.42. The third-order valence-electron chi connectivity index (χ3n) is 3.94. The van der Waals surface area contributed by atoms with E-state index in [1.165, 1.54) is 6.20 Å². The molecule has 10 heteroatoms. The number of H-pyrrole nitrogens is 1. The fourth-order valence-corrected chi connectivity index (χ4v) is 3.95. The SMILES string of the molecule is CCCS(=O)Nc1ccc(F)c(C(N=O)c2c[nH]c3ncc(Br)cc23)c1F. The lowest BCUT2D eigenvalue weighted by Gasteiger charge is -2.14. The minimum atomic E-state index is -1.52. The molecule has 0 amide bonds. The van der Waals surface area contributed by atoms with Crippen LogP contribution in [0.25, 0.3) is 11.0 Å². The van der Waals surface area contributed by atoms with Crippen molar-refractivity contribution >= 4 is 43.6 Å². The van der Waals surface area contributed by atoms with E-state index in [0.29, 0.717) is 33.2 Å². The van der Waals surface area contributed by atoms with Gasteiger partial charge in [-0.2, -0.15) is 0 Å².